The van der Waals surface area contributed by atoms with Gasteiger partial charge in [0, 0.05) is 25.8 Å². The predicted molar refractivity (Wildman–Crippen MR) is 109 cm³/mol. The van der Waals surface area contributed by atoms with E-state index in [-0.39, 0.29) is 24.4 Å². The van der Waals surface area contributed by atoms with Crippen molar-refractivity contribution in [3.8, 4) is 11.6 Å². The second-order valence-corrected chi connectivity index (χ2v) is 7.31. The van der Waals surface area contributed by atoms with Crippen LogP contribution in [0.1, 0.15) is 18.0 Å². The number of urea groups is 1. The van der Waals surface area contributed by atoms with Gasteiger partial charge in [-0.3, -0.25) is 0 Å². The van der Waals surface area contributed by atoms with Crippen LogP contribution in [0.5, 0.6) is 0 Å². The third kappa shape index (κ3) is 3.41. The maximum absolute atomic E-state index is 13.3. The molecule has 1 atom stereocenters. The molecule has 152 valence electrons. The molecule has 3 aromatic heterocycles. The van der Waals surface area contributed by atoms with Crippen LogP contribution in [0.4, 0.5) is 9.18 Å². The fraction of sp³-hybridized carbons (Fsp3) is 0.227. The quantitative estimate of drug-likeness (QED) is 0.557. The summed E-state index contributed by atoms with van der Waals surface area (Å²) >= 11 is 0. The number of imidazole rings is 1. The molecule has 0 unspecified atom stereocenters. The Bertz CT molecular complexity index is 1190. The summed E-state index contributed by atoms with van der Waals surface area (Å²) < 4.78 is 21.0. The summed E-state index contributed by atoms with van der Waals surface area (Å²) in [5.41, 5.74) is 2.29. The third-order valence-corrected chi connectivity index (χ3v) is 5.34. The first-order valence-electron chi connectivity index (χ1n) is 9.83. The molecular formula is C22H20FN5O2. The fourth-order valence-electron chi connectivity index (χ4n) is 3.93. The lowest BCUT2D eigenvalue weighted by Crippen LogP contribution is -2.38. The minimum atomic E-state index is -0.312. The Morgan fingerprint density at radius 1 is 1.23 bits per heavy atom. The van der Waals surface area contributed by atoms with Crippen LogP contribution < -0.4 is 5.32 Å². The minimum absolute atomic E-state index is 0.0323. The van der Waals surface area contributed by atoms with E-state index in [4.69, 9.17) is 9.40 Å². The number of aromatic nitrogens is 3. The highest BCUT2D eigenvalue weighted by Gasteiger charge is 2.31. The number of likely N-dealkylation sites (tertiary alicyclic amines) is 1. The molecule has 0 radical (unpaired) electrons. The van der Waals surface area contributed by atoms with E-state index in [0.717, 1.165) is 23.1 Å². The SMILES string of the molecule is O=C(NCc1cccc(F)c1)N1CC[C@@H](n2c(-c3ccco3)nc3cccnc32)C1. The smallest absolute Gasteiger partial charge is 0.317 e. The zero-order chi connectivity index (χ0) is 20.5. The van der Waals surface area contributed by atoms with Crippen molar-refractivity contribution >= 4 is 17.2 Å². The number of furan rings is 1. The van der Waals surface area contributed by atoms with Crippen molar-refractivity contribution in [1.29, 1.82) is 0 Å². The number of rotatable bonds is 4. The molecule has 1 aliphatic rings. The first-order valence-corrected chi connectivity index (χ1v) is 9.83. The molecule has 1 fully saturated rings. The number of hydrogen-bond donors (Lipinski definition) is 1. The molecular weight excluding hydrogens is 385 g/mol. The van der Waals surface area contributed by atoms with Crippen molar-refractivity contribution in [3.63, 3.8) is 0 Å². The van der Waals surface area contributed by atoms with E-state index in [9.17, 15) is 9.18 Å². The van der Waals surface area contributed by atoms with Crippen LogP contribution in [-0.4, -0.2) is 38.6 Å². The predicted octanol–water partition coefficient (Wildman–Crippen LogP) is 3.99. The van der Waals surface area contributed by atoms with Gasteiger partial charge in [-0.05, 0) is 48.4 Å². The largest absolute Gasteiger partial charge is 0.461 e. The van der Waals surface area contributed by atoms with Gasteiger partial charge in [0.25, 0.3) is 0 Å². The molecule has 1 N–H and O–H groups in total. The van der Waals surface area contributed by atoms with Crippen LogP contribution in [0.2, 0.25) is 0 Å². The normalized spacial score (nSPS) is 16.3. The number of benzene rings is 1. The maximum atomic E-state index is 13.3. The number of amides is 2. The number of nitrogens with zero attached hydrogens (tertiary/aromatic N) is 4. The second kappa shape index (κ2) is 7.62. The van der Waals surface area contributed by atoms with E-state index in [1.807, 2.05) is 24.3 Å². The molecule has 1 saturated heterocycles. The van der Waals surface area contributed by atoms with Gasteiger partial charge in [-0.15, -0.1) is 0 Å². The Hall–Kier alpha value is -3.68. The molecule has 7 nitrogen and oxygen atoms in total. The molecule has 0 bridgehead atoms. The monoisotopic (exact) mass is 405 g/mol. The zero-order valence-corrected chi connectivity index (χ0v) is 16.2. The Balaban J connectivity index is 1.35. The first-order chi connectivity index (χ1) is 14.7. The Morgan fingerprint density at radius 3 is 3.00 bits per heavy atom. The van der Waals surface area contributed by atoms with E-state index in [0.29, 0.717) is 24.7 Å². The molecule has 5 rings (SSSR count). The zero-order valence-electron chi connectivity index (χ0n) is 16.2. The number of fused-ring (bicyclic) bond motifs is 1. The standard InChI is InChI=1S/C22H20FN5O2/c23-16-5-1-4-15(12-16)13-25-22(29)27-10-8-17(14-27)28-20-18(6-2-9-24-20)26-21(28)19-7-3-11-30-19/h1-7,9,11-12,17H,8,10,13-14H2,(H,25,29)/t17-/m1/s1. The average molecular weight is 405 g/mol. The second-order valence-electron chi connectivity index (χ2n) is 7.31. The highest BCUT2D eigenvalue weighted by Crippen LogP contribution is 2.32. The van der Waals surface area contributed by atoms with E-state index in [1.54, 1.807) is 29.5 Å². The lowest BCUT2D eigenvalue weighted by atomic mass is 10.2. The van der Waals surface area contributed by atoms with Crippen molar-refractivity contribution in [1.82, 2.24) is 24.8 Å². The Kier molecular flexibility index (Phi) is 4.66. The average Bonchev–Trinajstić information content (AvgIpc) is 3.50. The van der Waals surface area contributed by atoms with Gasteiger partial charge in [0.1, 0.15) is 11.3 Å². The van der Waals surface area contributed by atoms with Gasteiger partial charge < -0.3 is 19.2 Å². The molecule has 1 aromatic carbocycles. The van der Waals surface area contributed by atoms with Gasteiger partial charge in [-0.2, -0.15) is 0 Å². The number of hydrogen-bond acceptors (Lipinski definition) is 4. The molecule has 4 heterocycles. The van der Waals surface area contributed by atoms with Crippen LogP contribution in [0.15, 0.2) is 65.4 Å². The highest BCUT2D eigenvalue weighted by atomic mass is 19.1. The van der Waals surface area contributed by atoms with Crippen molar-refractivity contribution in [2.45, 2.75) is 19.0 Å². The van der Waals surface area contributed by atoms with Gasteiger partial charge in [0.15, 0.2) is 17.2 Å². The molecule has 0 spiro atoms. The summed E-state index contributed by atoms with van der Waals surface area (Å²) in [6.07, 6.45) is 4.14. The molecule has 30 heavy (non-hydrogen) atoms. The first kappa shape index (κ1) is 18.4. The lowest BCUT2D eigenvalue weighted by molar-refractivity contribution is 0.206. The minimum Gasteiger partial charge on any atom is -0.461 e. The molecule has 0 saturated carbocycles. The Morgan fingerprint density at radius 2 is 2.17 bits per heavy atom. The number of halogens is 1. The molecule has 4 aromatic rings. The van der Waals surface area contributed by atoms with E-state index in [1.165, 1.54) is 12.1 Å². The fourth-order valence-corrected chi connectivity index (χ4v) is 3.93. The molecule has 1 aliphatic heterocycles. The van der Waals surface area contributed by atoms with E-state index in [2.05, 4.69) is 14.9 Å². The van der Waals surface area contributed by atoms with Gasteiger partial charge in [-0.25, -0.2) is 19.2 Å². The highest BCUT2D eigenvalue weighted by molar-refractivity contribution is 5.77. The number of carbonyl (C=O) groups excluding carboxylic acids is 1. The molecule has 2 amide bonds. The number of carbonyl (C=O) groups is 1. The van der Waals surface area contributed by atoms with Crippen molar-refractivity contribution in [3.05, 3.63) is 72.4 Å². The van der Waals surface area contributed by atoms with Crippen LogP contribution in [-0.2, 0) is 6.54 Å². The van der Waals surface area contributed by atoms with Gasteiger partial charge >= 0.3 is 6.03 Å². The number of nitrogens with one attached hydrogen (secondary N) is 1. The van der Waals surface area contributed by atoms with Crippen LogP contribution in [0.25, 0.3) is 22.7 Å². The van der Waals surface area contributed by atoms with Crippen LogP contribution in [0.3, 0.4) is 0 Å². The summed E-state index contributed by atoms with van der Waals surface area (Å²) in [5.74, 6) is 1.07. The molecule has 0 aliphatic carbocycles. The van der Waals surface area contributed by atoms with Gasteiger partial charge in [0.2, 0.25) is 0 Å². The summed E-state index contributed by atoms with van der Waals surface area (Å²) in [5, 5.41) is 2.87. The van der Waals surface area contributed by atoms with Crippen molar-refractivity contribution < 1.29 is 13.6 Å². The lowest BCUT2D eigenvalue weighted by Gasteiger charge is -2.19. The number of pyridine rings is 1. The Labute approximate surface area is 172 Å². The molecule has 8 heteroatoms. The van der Waals surface area contributed by atoms with Gasteiger partial charge in [-0.1, -0.05) is 12.1 Å². The van der Waals surface area contributed by atoms with Crippen molar-refractivity contribution in [2.75, 3.05) is 13.1 Å². The van der Waals surface area contributed by atoms with Gasteiger partial charge in [0.05, 0.1) is 12.3 Å². The van der Waals surface area contributed by atoms with Crippen LogP contribution >= 0.6 is 0 Å². The van der Waals surface area contributed by atoms with E-state index < -0.39 is 0 Å². The van der Waals surface area contributed by atoms with Crippen LogP contribution in [0, 0.1) is 5.82 Å². The summed E-state index contributed by atoms with van der Waals surface area (Å²) in [6.45, 7) is 1.43. The van der Waals surface area contributed by atoms with Crippen molar-refractivity contribution in [2.24, 2.45) is 0 Å². The third-order valence-electron chi connectivity index (χ3n) is 5.34. The maximum Gasteiger partial charge on any atom is 0.317 e. The van der Waals surface area contributed by atoms with E-state index >= 15 is 0 Å². The summed E-state index contributed by atoms with van der Waals surface area (Å²) in [4.78, 5) is 23.6. The topological polar surface area (TPSA) is 76.2 Å². The summed E-state index contributed by atoms with van der Waals surface area (Å²) in [7, 11) is 0. The summed E-state index contributed by atoms with van der Waals surface area (Å²) in [6, 6.07) is 13.6.